The SMILES string of the molecule is CCc1nc2cccc(C(=O)O)c2n1C(C)C1CCC1. The van der Waals surface area contributed by atoms with Gasteiger partial charge in [0.15, 0.2) is 0 Å². The van der Waals surface area contributed by atoms with Crippen molar-refractivity contribution < 1.29 is 9.90 Å². The Kier molecular flexibility index (Phi) is 3.24. The first-order chi connectivity index (χ1) is 9.63. The van der Waals surface area contributed by atoms with Crippen LogP contribution in [0.4, 0.5) is 0 Å². The molecular formula is C16H20N2O2. The molecule has 1 aromatic heterocycles. The predicted molar refractivity (Wildman–Crippen MR) is 78.1 cm³/mol. The first-order valence-corrected chi connectivity index (χ1v) is 7.36. The largest absolute Gasteiger partial charge is 0.478 e. The summed E-state index contributed by atoms with van der Waals surface area (Å²) in [6.07, 6.45) is 4.58. The maximum atomic E-state index is 11.5. The quantitative estimate of drug-likeness (QED) is 0.924. The minimum absolute atomic E-state index is 0.323. The van der Waals surface area contributed by atoms with Crippen LogP contribution in [-0.4, -0.2) is 20.6 Å². The summed E-state index contributed by atoms with van der Waals surface area (Å²) in [4.78, 5) is 16.1. The normalized spacial score (nSPS) is 17.1. The second kappa shape index (κ2) is 4.93. The molecule has 1 unspecified atom stereocenters. The predicted octanol–water partition coefficient (Wildman–Crippen LogP) is 3.66. The van der Waals surface area contributed by atoms with Gasteiger partial charge in [-0.2, -0.15) is 0 Å². The van der Waals surface area contributed by atoms with Crippen LogP contribution in [0.1, 0.15) is 55.3 Å². The summed E-state index contributed by atoms with van der Waals surface area (Å²) in [6.45, 7) is 4.27. The van der Waals surface area contributed by atoms with Crippen molar-refractivity contribution in [2.75, 3.05) is 0 Å². The zero-order chi connectivity index (χ0) is 14.3. The highest BCUT2D eigenvalue weighted by molar-refractivity contribution is 6.01. The van der Waals surface area contributed by atoms with E-state index in [0.717, 1.165) is 23.3 Å². The lowest BCUT2D eigenvalue weighted by molar-refractivity contribution is 0.0698. The number of rotatable bonds is 4. The molecule has 1 aliphatic carbocycles. The van der Waals surface area contributed by atoms with Gasteiger partial charge in [-0.1, -0.05) is 19.4 Å². The van der Waals surface area contributed by atoms with E-state index < -0.39 is 5.97 Å². The van der Waals surface area contributed by atoms with Gasteiger partial charge < -0.3 is 9.67 Å². The van der Waals surface area contributed by atoms with Crippen LogP contribution in [0, 0.1) is 5.92 Å². The summed E-state index contributed by atoms with van der Waals surface area (Å²) in [6, 6.07) is 5.68. The molecule has 20 heavy (non-hydrogen) atoms. The molecule has 0 saturated heterocycles. The third kappa shape index (κ3) is 1.90. The molecule has 3 rings (SSSR count). The summed E-state index contributed by atoms with van der Waals surface area (Å²) in [5.41, 5.74) is 1.95. The van der Waals surface area contributed by atoms with Gasteiger partial charge >= 0.3 is 5.97 Å². The molecule has 1 fully saturated rings. The van der Waals surface area contributed by atoms with Gasteiger partial charge in [0.25, 0.3) is 0 Å². The Morgan fingerprint density at radius 1 is 1.50 bits per heavy atom. The van der Waals surface area contributed by atoms with Crippen molar-refractivity contribution in [2.45, 2.75) is 45.6 Å². The van der Waals surface area contributed by atoms with Gasteiger partial charge in [-0.05, 0) is 37.8 Å². The number of para-hydroxylation sites is 1. The average molecular weight is 272 g/mol. The number of nitrogens with zero attached hydrogens (tertiary/aromatic N) is 2. The Balaban J connectivity index is 2.23. The number of fused-ring (bicyclic) bond motifs is 1. The molecular weight excluding hydrogens is 252 g/mol. The van der Waals surface area contributed by atoms with Crippen molar-refractivity contribution in [3.05, 3.63) is 29.6 Å². The summed E-state index contributed by atoms with van der Waals surface area (Å²) in [5, 5.41) is 9.44. The van der Waals surface area contributed by atoms with Gasteiger partial charge in [0.2, 0.25) is 0 Å². The van der Waals surface area contributed by atoms with Gasteiger partial charge in [-0.3, -0.25) is 0 Å². The van der Waals surface area contributed by atoms with Crippen LogP contribution in [-0.2, 0) is 6.42 Å². The fourth-order valence-corrected chi connectivity index (χ4v) is 3.19. The molecule has 106 valence electrons. The lowest BCUT2D eigenvalue weighted by Gasteiger charge is -2.33. The number of carbonyl (C=O) groups is 1. The van der Waals surface area contributed by atoms with Gasteiger partial charge in [-0.15, -0.1) is 0 Å². The molecule has 1 aliphatic rings. The van der Waals surface area contributed by atoms with Crippen molar-refractivity contribution in [3.63, 3.8) is 0 Å². The fraction of sp³-hybridized carbons (Fsp3) is 0.500. The Labute approximate surface area is 118 Å². The van der Waals surface area contributed by atoms with Crippen molar-refractivity contribution in [3.8, 4) is 0 Å². The Bertz CT molecular complexity index is 656. The molecule has 1 aromatic carbocycles. The number of aromatic nitrogens is 2. The lowest BCUT2D eigenvalue weighted by Crippen LogP contribution is -2.24. The second-order valence-corrected chi connectivity index (χ2v) is 5.66. The Morgan fingerprint density at radius 3 is 2.80 bits per heavy atom. The van der Waals surface area contributed by atoms with Crippen LogP contribution in [0.2, 0.25) is 0 Å². The summed E-state index contributed by atoms with van der Waals surface area (Å²) < 4.78 is 2.17. The molecule has 0 aliphatic heterocycles. The molecule has 0 radical (unpaired) electrons. The van der Waals surface area contributed by atoms with E-state index in [1.54, 1.807) is 12.1 Å². The van der Waals surface area contributed by atoms with Crippen LogP contribution >= 0.6 is 0 Å². The van der Waals surface area contributed by atoms with Gasteiger partial charge in [-0.25, -0.2) is 9.78 Å². The van der Waals surface area contributed by atoms with Crippen LogP contribution in [0.25, 0.3) is 11.0 Å². The van der Waals surface area contributed by atoms with Crippen molar-refractivity contribution in [2.24, 2.45) is 5.92 Å². The second-order valence-electron chi connectivity index (χ2n) is 5.66. The van der Waals surface area contributed by atoms with Crippen molar-refractivity contribution in [1.29, 1.82) is 0 Å². The lowest BCUT2D eigenvalue weighted by atomic mass is 9.80. The highest BCUT2D eigenvalue weighted by Crippen LogP contribution is 2.38. The Morgan fingerprint density at radius 2 is 2.25 bits per heavy atom. The highest BCUT2D eigenvalue weighted by atomic mass is 16.4. The number of imidazole rings is 1. The first kappa shape index (κ1) is 13.2. The standard InChI is InChI=1S/C16H20N2O2/c1-3-14-17-13-9-5-8-12(16(19)20)15(13)18(14)10(2)11-6-4-7-11/h5,8-11H,3-4,6-7H2,1-2H3,(H,19,20). The van der Waals surface area contributed by atoms with Gasteiger partial charge in [0, 0.05) is 12.5 Å². The summed E-state index contributed by atoms with van der Waals surface area (Å²) in [5.74, 6) is 0.771. The first-order valence-electron chi connectivity index (χ1n) is 7.36. The summed E-state index contributed by atoms with van der Waals surface area (Å²) >= 11 is 0. The Hall–Kier alpha value is -1.84. The van der Waals surface area contributed by atoms with E-state index in [9.17, 15) is 9.90 Å². The number of hydrogen-bond acceptors (Lipinski definition) is 2. The van der Waals surface area contributed by atoms with E-state index in [-0.39, 0.29) is 0 Å². The molecule has 0 bridgehead atoms. The van der Waals surface area contributed by atoms with Gasteiger partial charge in [0.05, 0.1) is 16.6 Å². The minimum Gasteiger partial charge on any atom is -0.478 e. The average Bonchev–Trinajstić information content (AvgIpc) is 2.74. The smallest absolute Gasteiger partial charge is 0.337 e. The van der Waals surface area contributed by atoms with Crippen LogP contribution in [0.3, 0.4) is 0 Å². The molecule has 0 spiro atoms. The number of carboxylic acid groups (broad SMARTS) is 1. The van der Waals surface area contributed by atoms with E-state index >= 15 is 0 Å². The third-order valence-electron chi connectivity index (χ3n) is 4.57. The number of aromatic carboxylic acids is 1. The number of hydrogen-bond donors (Lipinski definition) is 1. The molecule has 4 heteroatoms. The van der Waals surface area contributed by atoms with E-state index in [4.69, 9.17) is 0 Å². The van der Waals surface area contributed by atoms with Crippen LogP contribution in [0.5, 0.6) is 0 Å². The minimum atomic E-state index is -0.875. The zero-order valence-electron chi connectivity index (χ0n) is 12.0. The van der Waals surface area contributed by atoms with Crippen molar-refractivity contribution in [1.82, 2.24) is 9.55 Å². The van der Waals surface area contributed by atoms with Crippen molar-refractivity contribution >= 4 is 17.0 Å². The molecule has 2 aromatic rings. The topological polar surface area (TPSA) is 55.1 Å². The summed E-state index contributed by atoms with van der Waals surface area (Å²) in [7, 11) is 0. The van der Waals surface area contributed by atoms with E-state index in [1.807, 2.05) is 6.07 Å². The molecule has 1 heterocycles. The monoisotopic (exact) mass is 272 g/mol. The third-order valence-corrected chi connectivity index (χ3v) is 4.57. The molecule has 0 amide bonds. The van der Waals surface area contributed by atoms with Crippen LogP contribution < -0.4 is 0 Å². The molecule has 4 nitrogen and oxygen atoms in total. The molecule has 1 saturated carbocycles. The number of aryl methyl sites for hydroxylation is 1. The van der Waals surface area contributed by atoms with E-state index in [1.165, 1.54) is 19.3 Å². The molecule has 1 N–H and O–H groups in total. The zero-order valence-corrected chi connectivity index (χ0v) is 12.0. The van der Waals surface area contributed by atoms with E-state index in [2.05, 4.69) is 23.4 Å². The molecule has 1 atom stereocenters. The maximum Gasteiger partial charge on any atom is 0.337 e. The van der Waals surface area contributed by atoms with E-state index in [0.29, 0.717) is 17.5 Å². The maximum absolute atomic E-state index is 11.5. The van der Waals surface area contributed by atoms with Gasteiger partial charge in [0.1, 0.15) is 5.82 Å². The van der Waals surface area contributed by atoms with Crippen LogP contribution in [0.15, 0.2) is 18.2 Å². The fourth-order valence-electron chi connectivity index (χ4n) is 3.19. The highest BCUT2D eigenvalue weighted by Gasteiger charge is 2.29. The number of benzene rings is 1. The number of carboxylic acids is 1.